The number of nitrogens with one attached hydrogen (secondary N) is 1. The smallest absolute Gasteiger partial charge is 0.397 e. The first-order valence-electron chi connectivity index (χ1n) is 4.34. The number of alkyl halides is 3. The van der Waals surface area contributed by atoms with Crippen molar-refractivity contribution in [2.24, 2.45) is 0 Å². The number of aliphatic hydroxyl groups excluding tert-OH is 1. The van der Waals surface area contributed by atoms with Gasteiger partial charge in [0.15, 0.2) is 6.10 Å². The maximum atomic E-state index is 12.0. The van der Waals surface area contributed by atoms with Gasteiger partial charge in [0.05, 0.1) is 11.4 Å². The van der Waals surface area contributed by atoms with Crippen molar-refractivity contribution >= 4 is 23.0 Å². The molecular formula is C9H10ClF3N2O. The minimum Gasteiger partial charge on any atom is -0.397 e. The lowest BCUT2D eigenvalue weighted by molar-refractivity contribution is -0.198. The van der Waals surface area contributed by atoms with Crippen LogP contribution in [0, 0.1) is 0 Å². The first-order chi connectivity index (χ1) is 7.30. The van der Waals surface area contributed by atoms with Gasteiger partial charge in [-0.25, -0.2) is 0 Å². The van der Waals surface area contributed by atoms with E-state index in [1.54, 1.807) is 0 Å². The number of hydrogen-bond donors (Lipinski definition) is 3. The fraction of sp³-hybridized carbons (Fsp3) is 0.333. The van der Waals surface area contributed by atoms with Crippen molar-refractivity contribution in [2.75, 3.05) is 17.6 Å². The Morgan fingerprint density at radius 3 is 2.62 bits per heavy atom. The lowest BCUT2D eigenvalue weighted by Gasteiger charge is -2.16. The van der Waals surface area contributed by atoms with Gasteiger partial charge in [-0.15, -0.1) is 0 Å². The highest BCUT2D eigenvalue weighted by Crippen LogP contribution is 2.24. The van der Waals surface area contributed by atoms with Gasteiger partial charge in [-0.05, 0) is 18.2 Å². The van der Waals surface area contributed by atoms with Crippen LogP contribution in [0.4, 0.5) is 24.5 Å². The number of rotatable bonds is 3. The summed E-state index contributed by atoms with van der Waals surface area (Å²) in [7, 11) is 0. The molecule has 0 saturated carbocycles. The predicted molar refractivity (Wildman–Crippen MR) is 56.4 cm³/mol. The summed E-state index contributed by atoms with van der Waals surface area (Å²) in [6.07, 6.45) is -7.09. The van der Waals surface area contributed by atoms with E-state index in [0.29, 0.717) is 5.02 Å². The highest BCUT2D eigenvalue weighted by Gasteiger charge is 2.37. The van der Waals surface area contributed by atoms with Gasteiger partial charge in [0, 0.05) is 11.6 Å². The number of nitrogen functional groups attached to an aromatic ring is 1. The van der Waals surface area contributed by atoms with Crippen molar-refractivity contribution < 1.29 is 18.3 Å². The second-order valence-corrected chi connectivity index (χ2v) is 3.61. The number of aliphatic hydroxyl groups is 1. The van der Waals surface area contributed by atoms with Crippen LogP contribution in [-0.4, -0.2) is 23.9 Å². The Hall–Kier alpha value is -1.14. The van der Waals surface area contributed by atoms with Crippen LogP contribution in [0.1, 0.15) is 0 Å². The molecule has 0 aromatic heterocycles. The standard InChI is InChI=1S/C9H10ClF3N2O/c10-5-1-2-6(14)7(3-5)15-4-8(16)9(11,12)13/h1-3,8,15-16H,4,14H2. The zero-order chi connectivity index (χ0) is 12.3. The van der Waals surface area contributed by atoms with E-state index in [2.05, 4.69) is 5.32 Å². The Labute approximate surface area is 95.0 Å². The van der Waals surface area contributed by atoms with Gasteiger partial charge in [-0.2, -0.15) is 13.2 Å². The lowest BCUT2D eigenvalue weighted by atomic mass is 10.2. The fourth-order valence-corrected chi connectivity index (χ4v) is 1.18. The average molecular weight is 255 g/mol. The molecule has 1 rings (SSSR count). The van der Waals surface area contributed by atoms with E-state index in [-0.39, 0.29) is 11.4 Å². The zero-order valence-electron chi connectivity index (χ0n) is 8.05. The normalized spacial score (nSPS) is 13.6. The van der Waals surface area contributed by atoms with Crippen LogP contribution in [0.3, 0.4) is 0 Å². The summed E-state index contributed by atoms with van der Waals surface area (Å²) < 4.78 is 36.0. The number of halogens is 4. The van der Waals surface area contributed by atoms with Crippen LogP contribution in [0.15, 0.2) is 18.2 Å². The highest BCUT2D eigenvalue weighted by molar-refractivity contribution is 6.31. The molecule has 1 unspecified atom stereocenters. The molecule has 0 spiro atoms. The summed E-state index contributed by atoms with van der Waals surface area (Å²) >= 11 is 5.64. The van der Waals surface area contributed by atoms with Gasteiger partial charge in [0.25, 0.3) is 0 Å². The molecule has 1 atom stereocenters. The van der Waals surface area contributed by atoms with Crippen molar-refractivity contribution in [3.63, 3.8) is 0 Å². The van der Waals surface area contributed by atoms with Gasteiger partial charge >= 0.3 is 6.18 Å². The number of anilines is 2. The maximum Gasteiger partial charge on any atom is 0.416 e. The molecule has 0 aliphatic carbocycles. The first kappa shape index (κ1) is 12.9. The predicted octanol–water partition coefficient (Wildman–Crippen LogP) is 2.26. The SMILES string of the molecule is Nc1ccc(Cl)cc1NCC(O)C(F)(F)F. The molecule has 4 N–H and O–H groups in total. The van der Waals surface area contributed by atoms with Crippen molar-refractivity contribution in [1.29, 1.82) is 0 Å². The Morgan fingerprint density at radius 1 is 1.44 bits per heavy atom. The molecule has 7 heteroatoms. The largest absolute Gasteiger partial charge is 0.416 e. The third-order valence-corrected chi connectivity index (χ3v) is 2.11. The molecule has 0 aliphatic heterocycles. The molecule has 0 fully saturated rings. The third-order valence-electron chi connectivity index (χ3n) is 1.88. The van der Waals surface area contributed by atoms with E-state index in [9.17, 15) is 13.2 Å². The van der Waals surface area contributed by atoms with Crippen LogP contribution in [0.2, 0.25) is 5.02 Å². The molecule has 1 aromatic carbocycles. The molecule has 0 saturated heterocycles. The lowest BCUT2D eigenvalue weighted by Crippen LogP contribution is -2.35. The highest BCUT2D eigenvalue weighted by atomic mass is 35.5. The van der Waals surface area contributed by atoms with Crippen molar-refractivity contribution in [3.05, 3.63) is 23.2 Å². The Balaban J connectivity index is 2.64. The summed E-state index contributed by atoms with van der Waals surface area (Å²) in [5.74, 6) is 0. The monoisotopic (exact) mass is 254 g/mol. The Bertz CT molecular complexity index is 370. The van der Waals surface area contributed by atoms with E-state index in [4.69, 9.17) is 22.4 Å². The third kappa shape index (κ3) is 3.46. The summed E-state index contributed by atoms with van der Waals surface area (Å²) in [4.78, 5) is 0. The first-order valence-corrected chi connectivity index (χ1v) is 4.72. The molecule has 0 aliphatic rings. The average Bonchev–Trinajstić information content (AvgIpc) is 2.17. The fourth-order valence-electron chi connectivity index (χ4n) is 1.00. The quantitative estimate of drug-likeness (QED) is 0.725. The molecule has 90 valence electrons. The second kappa shape index (κ2) is 4.80. The van der Waals surface area contributed by atoms with Crippen molar-refractivity contribution in [3.8, 4) is 0 Å². The van der Waals surface area contributed by atoms with E-state index in [1.807, 2.05) is 0 Å². The van der Waals surface area contributed by atoms with Crippen LogP contribution >= 0.6 is 11.6 Å². The molecule has 0 radical (unpaired) electrons. The van der Waals surface area contributed by atoms with Gasteiger partial charge in [0.2, 0.25) is 0 Å². The van der Waals surface area contributed by atoms with Crippen LogP contribution < -0.4 is 11.1 Å². The van der Waals surface area contributed by atoms with Gasteiger partial charge in [-0.3, -0.25) is 0 Å². The molecule has 0 amide bonds. The summed E-state index contributed by atoms with van der Waals surface area (Å²) in [6.45, 7) is -0.673. The number of benzene rings is 1. The second-order valence-electron chi connectivity index (χ2n) is 3.17. The van der Waals surface area contributed by atoms with Gasteiger partial charge in [0.1, 0.15) is 0 Å². The van der Waals surface area contributed by atoms with Crippen LogP contribution in [0.5, 0.6) is 0 Å². The molecule has 0 heterocycles. The van der Waals surface area contributed by atoms with Crippen molar-refractivity contribution in [1.82, 2.24) is 0 Å². The minimum absolute atomic E-state index is 0.260. The molecular weight excluding hydrogens is 245 g/mol. The molecule has 1 aromatic rings. The number of hydrogen-bond acceptors (Lipinski definition) is 3. The van der Waals surface area contributed by atoms with Crippen molar-refractivity contribution in [2.45, 2.75) is 12.3 Å². The molecule has 3 nitrogen and oxygen atoms in total. The maximum absolute atomic E-state index is 12.0. The zero-order valence-corrected chi connectivity index (χ0v) is 8.81. The minimum atomic E-state index is -4.65. The van der Waals surface area contributed by atoms with Gasteiger partial charge < -0.3 is 16.2 Å². The van der Waals surface area contributed by atoms with E-state index >= 15 is 0 Å². The van der Waals surface area contributed by atoms with Crippen LogP contribution in [-0.2, 0) is 0 Å². The van der Waals surface area contributed by atoms with E-state index in [1.165, 1.54) is 18.2 Å². The Morgan fingerprint density at radius 2 is 2.06 bits per heavy atom. The molecule has 0 bridgehead atoms. The Kier molecular flexibility index (Phi) is 3.88. The topological polar surface area (TPSA) is 58.3 Å². The number of nitrogens with two attached hydrogens (primary N) is 1. The molecule has 16 heavy (non-hydrogen) atoms. The van der Waals surface area contributed by atoms with Gasteiger partial charge in [-0.1, -0.05) is 11.6 Å². The van der Waals surface area contributed by atoms with E-state index in [0.717, 1.165) is 0 Å². The van der Waals surface area contributed by atoms with Crippen LogP contribution in [0.25, 0.3) is 0 Å². The summed E-state index contributed by atoms with van der Waals surface area (Å²) in [5, 5.41) is 11.5. The van der Waals surface area contributed by atoms with E-state index < -0.39 is 18.8 Å². The summed E-state index contributed by atoms with van der Waals surface area (Å²) in [5.41, 5.74) is 6.02. The summed E-state index contributed by atoms with van der Waals surface area (Å²) in [6, 6.07) is 4.37.